The van der Waals surface area contributed by atoms with Gasteiger partial charge in [-0.3, -0.25) is 9.59 Å². The highest BCUT2D eigenvalue weighted by Crippen LogP contribution is 2.40. The van der Waals surface area contributed by atoms with E-state index in [1.165, 1.54) is 0 Å². The van der Waals surface area contributed by atoms with Crippen LogP contribution in [0, 0.1) is 11.3 Å². The number of nitrogens with zero attached hydrogens (tertiary/aromatic N) is 5. The lowest BCUT2D eigenvalue weighted by atomic mass is 9.74. The van der Waals surface area contributed by atoms with Gasteiger partial charge in [-0.15, -0.1) is 5.10 Å². The highest BCUT2D eigenvalue weighted by Gasteiger charge is 2.49. The molecule has 4 saturated heterocycles. The number of aliphatic hydroxyl groups is 1. The largest absolute Gasteiger partial charge is 0.391 e. The predicted octanol–water partition coefficient (Wildman–Crippen LogP) is 1.30. The van der Waals surface area contributed by atoms with Crippen molar-refractivity contribution in [2.24, 2.45) is 11.3 Å². The molecule has 1 saturated carbocycles. The van der Waals surface area contributed by atoms with Gasteiger partial charge in [-0.2, -0.15) is 0 Å². The molecular formula is C24H38N6O3. The van der Waals surface area contributed by atoms with Crippen LogP contribution in [-0.2, 0) is 9.59 Å². The minimum absolute atomic E-state index is 0.152. The smallest absolute Gasteiger partial charge is 0.248 e. The zero-order chi connectivity index (χ0) is 23.5. The Morgan fingerprint density at radius 2 is 1.91 bits per heavy atom. The molecule has 6 rings (SSSR count). The van der Waals surface area contributed by atoms with Crippen LogP contribution in [0.25, 0.3) is 0 Å². The molecule has 33 heavy (non-hydrogen) atoms. The lowest BCUT2D eigenvalue weighted by Crippen LogP contribution is -2.67. The molecule has 4 atom stereocenters. The van der Waals surface area contributed by atoms with E-state index in [0.717, 1.165) is 51.0 Å². The van der Waals surface area contributed by atoms with E-state index in [-0.39, 0.29) is 30.3 Å². The summed E-state index contributed by atoms with van der Waals surface area (Å²) in [5.41, 5.74) is 0.217. The zero-order valence-electron chi connectivity index (χ0n) is 20.3. The first-order chi connectivity index (χ1) is 15.5. The van der Waals surface area contributed by atoms with E-state index in [1.54, 1.807) is 9.58 Å². The van der Waals surface area contributed by atoms with E-state index in [4.69, 9.17) is 0 Å². The van der Waals surface area contributed by atoms with Gasteiger partial charge in [0.2, 0.25) is 11.8 Å². The van der Waals surface area contributed by atoms with Crippen LogP contribution >= 0.6 is 0 Å². The topological polar surface area (TPSA) is 104 Å². The fraction of sp³-hybridized carbons (Fsp3) is 0.833. The van der Waals surface area contributed by atoms with Crippen LogP contribution in [0.15, 0.2) is 6.20 Å². The molecule has 0 spiro atoms. The summed E-state index contributed by atoms with van der Waals surface area (Å²) in [4.78, 5) is 31.4. The number of aromatic nitrogens is 3. The second-order valence-corrected chi connectivity index (χ2v) is 12.0. The van der Waals surface area contributed by atoms with Gasteiger partial charge in [-0.05, 0) is 57.0 Å². The molecule has 1 aliphatic carbocycles. The van der Waals surface area contributed by atoms with Gasteiger partial charge in [0, 0.05) is 31.6 Å². The van der Waals surface area contributed by atoms with E-state index in [0.29, 0.717) is 11.8 Å². The molecule has 182 valence electrons. The Morgan fingerprint density at radius 1 is 1.21 bits per heavy atom. The summed E-state index contributed by atoms with van der Waals surface area (Å²) in [5.74, 6) is 0.579. The monoisotopic (exact) mass is 458 g/mol. The molecule has 2 bridgehead atoms. The van der Waals surface area contributed by atoms with E-state index in [1.807, 2.05) is 27.0 Å². The number of fused-ring (bicyclic) bond motifs is 3. The fourth-order valence-corrected chi connectivity index (χ4v) is 6.15. The molecule has 1 aromatic heterocycles. The molecule has 2 amide bonds. The standard InChI is InChI=1S/C24H38N6O3/c1-23(2,3)20(30-13-18(26-27-30)15-5-6-15)22(33)29-12-17(31)11-19(29)21(32)25-24(4)14-28-9-7-16(24)8-10-28/h13,15-17,19-20,31H,5-12,14H2,1-4H3,(H,25,32)/t17-,19+,20-,24?/m1/s1. The summed E-state index contributed by atoms with van der Waals surface area (Å²) in [7, 11) is 0. The van der Waals surface area contributed by atoms with Crippen molar-refractivity contribution >= 4 is 11.8 Å². The number of carbonyl (C=O) groups is 2. The highest BCUT2D eigenvalue weighted by molar-refractivity contribution is 5.90. The van der Waals surface area contributed by atoms with E-state index in [9.17, 15) is 14.7 Å². The minimum atomic E-state index is -0.706. The first-order valence-corrected chi connectivity index (χ1v) is 12.5. The fourth-order valence-electron chi connectivity index (χ4n) is 6.15. The number of piperidine rings is 3. The average Bonchev–Trinajstić information content (AvgIpc) is 3.34. The van der Waals surface area contributed by atoms with Crippen molar-refractivity contribution in [2.75, 3.05) is 26.2 Å². The second kappa shape index (κ2) is 8.05. The maximum atomic E-state index is 13.9. The number of β-amino-alcohol motifs (C(OH)–C–C–N with tert-alkyl or cyclic N) is 1. The molecule has 1 unspecified atom stereocenters. The molecule has 1 aromatic rings. The third kappa shape index (κ3) is 4.30. The van der Waals surface area contributed by atoms with Gasteiger partial charge in [-0.1, -0.05) is 26.0 Å². The average molecular weight is 459 g/mol. The first-order valence-electron chi connectivity index (χ1n) is 12.5. The summed E-state index contributed by atoms with van der Waals surface area (Å²) < 4.78 is 1.67. The van der Waals surface area contributed by atoms with E-state index in [2.05, 4.69) is 27.5 Å². The van der Waals surface area contributed by atoms with Gasteiger partial charge < -0.3 is 20.2 Å². The molecule has 5 heterocycles. The number of amides is 2. The van der Waals surface area contributed by atoms with Crippen molar-refractivity contribution in [3.8, 4) is 0 Å². The molecule has 0 aromatic carbocycles. The van der Waals surface area contributed by atoms with Crippen LogP contribution in [0.3, 0.4) is 0 Å². The SMILES string of the molecule is CC1(NC(=O)[C@@H]2C[C@@H](O)CN2C(=O)[C@@H](n2cc(C3CC3)nn2)C(C)(C)C)CN2CCC1CC2. The van der Waals surface area contributed by atoms with Gasteiger partial charge in [-0.25, -0.2) is 4.68 Å². The van der Waals surface area contributed by atoms with Crippen LogP contribution in [-0.4, -0.2) is 85.6 Å². The van der Waals surface area contributed by atoms with Crippen molar-refractivity contribution in [3.05, 3.63) is 11.9 Å². The summed E-state index contributed by atoms with van der Waals surface area (Å²) in [5, 5.41) is 22.4. The van der Waals surface area contributed by atoms with Crippen molar-refractivity contribution in [1.82, 2.24) is 30.1 Å². The van der Waals surface area contributed by atoms with Crippen LogP contribution in [0.5, 0.6) is 0 Å². The Hall–Kier alpha value is -2.00. The summed E-state index contributed by atoms with van der Waals surface area (Å²) in [6, 6.07) is -1.26. The predicted molar refractivity (Wildman–Crippen MR) is 122 cm³/mol. The Morgan fingerprint density at radius 3 is 2.48 bits per heavy atom. The summed E-state index contributed by atoms with van der Waals surface area (Å²) >= 11 is 0. The molecular weight excluding hydrogens is 420 g/mol. The van der Waals surface area contributed by atoms with Crippen molar-refractivity contribution in [3.63, 3.8) is 0 Å². The minimum Gasteiger partial charge on any atom is -0.391 e. The normalized spacial score (nSPS) is 35.0. The lowest BCUT2D eigenvalue weighted by molar-refractivity contribution is -0.145. The molecule has 5 fully saturated rings. The van der Waals surface area contributed by atoms with Gasteiger partial charge >= 0.3 is 0 Å². The number of nitrogens with one attached hydrogen (secondary N) is 1. The first kappa shape index (κ1) is 22.8. The summed E-state index contributed by atoms with van der Waals surface area (Å²) in [6.45, 7) is 11.3. The van der Waals surface area contributed by atoms with Gasteiger partial charge in [0.15, 0.2) is 0 Å². The van der Waals surface area contributed by atoms with Crippen LogP contribution in [0.4, 0.5) is 0 Å². The molecule has 4 aliphatic heterocycles. The number of likely N-dealkylation sites (tertiary alicyclic amines) is 1. The number of hydrogen-bond donors (Lipinski definition) is 2. The zero-order valence-corrected chi connectivity index (χ0v) is 20.3. The van der Waals surface area contributed by atoms with Crippen molar-refractivity contribution < 1.29 is 14.7 Å². The third-order valence-electron chi connectivity index (χ3n) is 8.16. The van der Waals surface area contributed by atoms with Crippen LogP contribution < -0.4 is 5.32 Å². The highest BCUT2D eigenvalue weighted by atomic mass is 16.3. The molecule has 9 nitrogen and oxygen atoms in total. The maximum Gasteiger partial charge on any atom is 0.248 e. The van der Waals surface area contributed by atoms with Gasteiger partial charge in [0.1, 0.15) is 12.1 Å². The van der Waals surface area contributed by atoms with E-state index >= 15 is 0 Å². The van der Waals surface area contributed by atoms with Crippen molar-refractivity contribution in [1.29, 1.82) is 0 Å². The number of aliphatic hydroxyl groups excluding tert-OH is 1. The molecule has 0 radical (unpaired) electrons. The molecule has 9 heteroatoms. The lowest BCUT2D eigenvalue weighted by Gasteiger charge is -2.52. The third-order valence-corrected chi connectivity index (χ3v) is 8.16. The second-order valence-electron chi connectivity index (χ2n) is 12.0. The molecule has 2 N–H and O–H groups in total. The number of hydrogen-bond acceptors (Lipinski definition) is 6. The Balaban J connectivity index is 1.36. The van der Waals surface area contributed by atoms with Gasteiger partial charge in [0.25, 0.3) is 0 Å². The Bertz CT molecular complexity index is 914. The molecule has 5 aliphatic rings. The maximum absolute atomic E-state index is 13.9. The number of rotatable bonds is 5. The Labute approximate surface area is 195 Å². The van der Waals surface area contributed by atoms with Crippen molar-refractivity contribution in [2.45, 2.75) is 89.4 Å². The number of carbonyl (C=O) groups excluding carboxylic acids is 2. The van der Waals surface area contributed by atoms with Gasteiger partial charge in [0.05, 0.1) is 17.3 Å². The summed E-state index contributed by atoms with van der Waals surface area (Å²) in [6.07, 6.45) is 5.87. The van der Waals surface area contributed by atoms with Crippen LogP contribution in [0.1, 0.15) is 77.5 Å². The quantitative estimate of drug-likeness (QED) is 0.690. The van der Waals surface area contributed by atoms with Crippen LogP contribution in [0.2, 0.25) is 0 Å². The Kier molecular flexibility index (Phi) is 5.55. The van der Waals surface area contributed by atoms with E-state index < -0.39 is 23.6 Å².